The smallest absolute Gasteiger partial charge is 0.0772 e. The molecule has 0 aromatic heterocycles. The quantitative estimate of drug-likeness (QED) is 0.924. The Morgan fingerprint density at radius 1 is 1.56 bits per heavy atom. The van der Waals surface area contributed by atoms with Crippen molar-refractivity contribution in [3.63, 3.8) is 0 Å². The van der Waals surface area contributed by atoms with Gasteiger partial charge >= 0.3 is 0 Å². The molecule has 4 heteroatoms. The van der Waals surface area contributed by atoms with Crippen molar-refractivity contribution in [2.24, 2.45) is 0 Å². The number of aliphatic hydroxyl groups excluding tert-OH is 1. The Morgan fingerprint density at radius 3 is 2.75 bits per heavy atom. The number of nitriles is 1. The number of hydrogen-bond acceptors (Lipinski definition) is 3. The van der Waals surface area contributed by atoms with Crippen molar-refractivity contribution >= 4 is 21.6 Å². The van der Waals surface area contributed by atoms with Gasteiger partial charge in [-0.2, -0.15) is 5.26 Å². The molecule has 1 aromatic carbocycles. The summed E-state index contributed by atoms with van der Waals surface area (Å²) in [5.41, 5.74) is 1.91. The predicted octanol–water partition coefficient (Wildman–Crippen LogP) is 2.85. The standard InChI is InChI=1S/C12H15BrN2O/c1-9(16)11-5-4-10(8-12(11)13)15(2)7-3-6-14/h4-5,8-9,16H,3,7H2,1-2H3/t9-/m0/s1. The van der Waals surface area contributed by atoms with Gasteiger partial charge in [-0.15, -0.1) is 0 Å². The van der Waals surface area contributed by atoms with Gasteiger partial charge in [0.15, 0.2) is 0 Å². The second-order valence-electron chi connectivity index (χ2n) is 3.71. The van der Waals surface area contributed by atoms with Gasteiger partial charge in [-0.1, -0.05) is 22.0 Å². The van der Waals surface area contributed by atoms with Gasteiger partial charge in [0.25, 0.3) is 0 Å². The lowest BCUT2D eigenvalue weighted by Crippen LogP contribution is -2.18. The highest BCUT2D eigenvalue weighted by Gasteiger charge is 2.08. The number of benzene rings is 1. The molecule has 0 bridgehead atoms. The van der Waals surface area contributed by atoms with Crippen LogP contribution in [0.1, 0.15) is 25.0 Å². The van der Waals surface area contributed by atoms with Gasteiger partial charge in [-0.3, -0.25) is 0 Å². The van der Waals surface area contributed by atoms with Gasteiger partial charge in [0.2, 0.25) is 0 Å². The highest BCUT2D eigenvalue weighted by Crippen LogP contribution is 2.27. The van der Waals surface area contributed by atoms with Crippen molar-refractivity contribution < 1.29 is 5.11 Å². The third-order valence-electron chi connectivity index (χ3n) is 2.43. The molecule has 0 aliphatic carbocycles. The summed E-state index contributed by atoms with van der Waals surface area (Å²) in [6.45, 7) is 2.44. The van der Waals surface area contributed by atoms with Gasteiger partial charge in [0, 0.05) is 23.8 Å². The van der Waals surface area contributed by atoms with Crippen LogP contribution < -0.4 is 4.90 Å². The summed E-state index contributed by atoms with van der Waals surface area (Å²) in [7, 11) is 1.95. The largest absolute Gasteiger partial charge is 0.389 e. The summed E-state index contributed by atoms with van der Waals surface area (Å²) in [5.74, 6) is 0. The number of aliphatic hydroxyl groups is 1. The molecule has 0 amide bonds. The molecule has 0 saturated heterocycles. The lowest BCUT2D eigenvalue weighted by Gasteiger charge is -2.19. The maximum absolute atomic E-state index is 9.49. The minimum absolute atomic E-state index is 0.479. The van der Waals surface area contributed by atoms with E-state index in [0.29, 0.717) is 13.0 Å². The Kier molecular flexibility index (Phi) is 4.78. The van der Waals surface area contributed by atoms with Crippen LogP contribution in [0.25, 0.3) is 0 Å². The normalized spacial score (nSPS) is 11.9. The van der Waals surface area contributed by atoms with Crippen LogP contribution in [0.2, 0.25) is 0 Å². The molecular formula is C12H15BrN2O. The number of nitrogens with zero attached hydrogens (tertiary/aromatic N) is 2. The van der Waals surface area contributed by atoms with Crippen molar-refractivity contribution in [2.45, 2.75) is 19.4 Å². The number of halogens is 1. The van der Waals surface area contributed by atoms with E-state index in [2.05, 4.69) is 22.0 Å². The molecule has 0 spiro atoms. The summed E-state index contributed by atoms with van der Waals surface area (Å²) >= 11 is 3.43. The first kappa shape index (κ1) is 13.0. The van der Waals surface area contributed by atoms with Crippen LogP contribution in [0.4, 0.5) is 5.69 Å². The molecule has 3 nitrogen and oxygen atoms in total. The predicted molar refractivity (Wildman–Crippen MR) is 68.3 cm³/mol. The van der Waals surface area contributed by atoms with Crippen LogP contribution in [0.15, 0.2) is 22.7 Å². The van der Waals surface area contributed by atoms with E-state index < -0.39 is 6.10 Å². The van der Waals surface area contributed by atoms with E-state index in [1.54, 1.807) is 6.92 Å². The fourth-order valence-corrected chi connectivity index (χ4v) is 2.14. The average Bonchev–Trinajstić information content (AvgIpc) is 2.25. The third kappa shape index (κ3) is 3.22. The zero-order valence-corrected chi connectivity index (χ0v) is 11.0. The van der Waals surface area contributed by atoms with E-state index in [-0.39, 0.29) is 0 Å². The Bertz CT molecular complexity index is 398. The fourth-order valence-electron chi connectivity index (χ4n) is 1.44. The molecule has 0 saturated carbocycles. The van der Waals surface area contributed by atoms with Gasteiger partial charge in [0.05, 0.1) is 18.6 Å². The van der Waals surface area contributed by atoms with Crippen LogP contribution in [0.3, 0.4) is 0 Å². The topological polar surface area (TPSA) is 47.3 Å². The summed E-state index contributed by atoms with van der Waals surface area (Å²) in [6.07, 6.45) is 0.0274. The summed E-state index contributed by atoms with van der Waals surface area (Å²) in [5, 5.41) is 18.0. The van der Waals surface area contributed by atoms with E-state index in [9.17, 15) is 5.11 Å². The van der Waals surface area contributed by atoms with Crippen molar-refractivity contribution in [3.05, 3.63) is 28.2 Å². The van der Waals surface area contributed by atoms with Gasteiger partial charge in [0.1, 0.15) is 0 Å². The van der Waals surface area contributed by atoms with Crippen molar-refractivity contribution in [3.8, 4) is 6.07 Å². The Balaban J connectivity index is 2.85. The number of rotatable bonds is 4. The van der Waals surface area contributed by atoms with Crippen molar-refractivity contribution in [1.82, 2.24) is 0 Å². The number of hydrogen-bond donors (Lipinski definition) is 1. The molecule has 1 aromatic rings. The monoisotopic (exact) mass is 282 g/mol. The SMILES string of the molecule is C[C@H](O)c1ccc(N(C)CCC#N)cc1Br. The summed E-state index contributed by atoms with van der Waals surface area (Å²) in [6, 6.07) is 7.92. The zero-order valence-electron chi connectivity index (χ0n) is 9.44. The minimum Gasteiger partial charge on any atom is -0.389 e. The first-order chi connectivity index (χ1) is 7.56. The zero-order chi connectivity index (χ0) is 12.1. The van der Waals surface area contributed by atoms with E-state index in [1.165, 1.54) is 0 Å². The molecule has 0 radical (unpaired) electrons. The van der Waals surface area contributed by atoms with E-state index in [1.807, 2.05) is 30.1 Å². The lowest BCUT2D eigenvalue weighted by molar-refractivity contribution is 0.198. The molecule has 1 N–H and O–H groups in total. The summed E-state index contributed by atoms with van der Waals surface area (Å²) in [4.78, 5) is 2.01. The number of anilines is 1. The first-order valence-corrected chi connectivity index (χ1v) is 5.91. The van der Waals surface area contributed by atoms with Crippen molar-refractivity contribution in [1.29, 1.82) is 5.26 Å². The molecule has 86 valence electrons. The van der Waals surface area contributed by atoms with Crippen LogP contribution >= 0.6 is 15.9 Å². The molecule has 1 rings (SSSR count). The second kappa shape index (κ2) is 5.88. The minimum atomic E-state index is -0.479. The molecule has 0 aliphatic heterocycles. The Labute approximate surface area is 104 Å². The van der Waals surface area contributed by atoms with E-state index >= 15 is 0 Å². The lowest BCUT2D eigenvalue weighted by atomic mass is 10.1. The summed E-state index contributed by atoms with van der Waals surface area (Å²) < 4.78 is 0.892. The molecule has 0 aliphatic rings. The molecule has 1 atom stereocenters. The third-order valence-corrected chi connectivity index (χ3v) is 3.12. The molecular weight excluding hydrogens is 268 g/mol. The highest BCUT2D eigenvalue weighted by atomic mass is 79.9. The Morgan fingerprint density at radius 2 is 2.25 bits per heavy atom. The van der Waals surface area contributed by atoms with Gasteiger partial charge in [-0.25, -0.2) is 0 Å². The molecule has 16 heavy (non-hydrogen) atoms. The van der Waals surface area contributed by atoms with E-state index in [0.717, 1.165) is 15.7 Å². The van der Waals surface area contributed by atoms with Crippen LogP contribution in [-0.4, -0.2) is 18.7 Å². The fraction of sp³-hybridized carbons (Fsp3) is 0.417. The van der Waals surface area contributed by atoms with Gasteiger partial charge < -0.3 is 10.0 Å². The maximum Gasteiger partial charge on any atom is 0.0772 e. The van der Waals surface area contributed by atoms with Crippen LogP contribution in [0, 0.1) is 11.3 Å². The average molecular weight is 283 g/mol. The molecule has 0 fully saturated rings. The first-order valence-electron chi connectivity index (χ1n) is 5.12. The van der Waals surface area contributed by atoms with Crippen LogP contribution in [-0.2, 0) is 0 Å². The maximum atomic E-state index is 9.49. The van der Waals surface area contributed by atoms with Crippen LogP contribution in [0.5, 0.6) is 0 Å². The molecule has 0 unspecified atom stereocenters. The van der Waals surface area contributed by atoms with Gasteiger partial charge in [-0.05, 0) is 24.6 Å². The second-order valence-corrected chi connectivity index (χ2v) is 4.57. The highest BCUT2D eigenvalue weighted by molar-refractivity contribution is 9.10. The van der Waals surface area contributed by atoms with E-state index in [4.69, 9.17) is 5.26 Å². The van der Waals surface area contributed by atoms with Crippen molar-refractivity contribution in [2.75, 3.05) is 18.5 Å². The molecule has 0 heterocycles. The Hall–Kier alpha value is -1.05.